The van der Waals surface area contributed by atoms with Gasteiger partial charge in [-0.2, -0.15) is 5.10 Å². The maximum Gasteiger partial charge on any atom is 0.272 e. The highest BCUT2D eigenvalue weighted by atomic mass is 32.2. The van der Waals surface area contributed by atoms with E-state index < -0.39 is 23.1 Å². The van der Waals surface area contributed by atoms with E-state index in [-0.39, 0.29) is 23.5 Å². The molecule has 3 N–H and O–H groups in total. The predicted molar refractivity (Wildman–Crippen MR) is 106 cm³/mol. The minimum Gasteiger partial charge on any atom is -0.472 e. The van der Waals surface area contributed by atoms with E-state index in [4.69, 9.17) is 6.11 Å². The van der Waals surface area contributed by atoms with E-state index in [1.165, 1.54) is 19.2 Å². The van der Waals surface area contributed by atoms with E-state index >= 15 is 0 Å². The summed E-state index contributed by atoms with van der Waals surface area (Å²) >= 11 is 0. The second-order valence-corrected chi connectivity index (χ2v) is 7.88. The number of nitrogens with one attached hydrogen (secondary N) is 3. The van der Waals surface area contributed by atoms with Crippen molar-refractivity contribution < 1.29 is 23.3 Å². The summed E-state index contributed by atoms with van der Waals surface area (Å²) in [6, 6.07) is 9.55. The van der Waals surface area contributed by atoms with E-state index in [0.717, 1.165) is 0 Å². The fraction of sp³-hybridized carbons (Fsp3) is 0.222. The zero-order valence-corrected chi connectivity index (χ0v) is 16.1. The second kappa shape index (κ2) is 8.86. The van der Waals surface area contributed by atoms with E-state index in [0.29, 0.717) is 22.6 Å². The first-order chi connectivity index (χ1) is 14.3. The molecule has 0 aliphatic carbocycles. The second-order valence-electron chi connectivity index (χ2n) is 5.86. The Kier molecular flexibility index (Phi) is 5.84. The zero-order chi connectivity index (χ0) is 21.7. The van der Waals surface area contributed by atoms with Gasteiger partial charge in [0.1, 0.15) is 5.82 Å². The fourth-order valence-electron chi connectivity index (χ4n) is 2.29. The number of pyridine rings is 1. The lowest BCUT2D eigenvalue weighted by molar-refractivity contribution is 0.0796. The Morgan fingerprint density at radius 1 is 1.24 bits per heavy atom. The molecule has 0 fully saturated rings. The number of halogens is 2. The lowest BCUT2D eigenvalue weighted by Crippen LogP contribution is -2.14. The molecule has 0 spiro atoms. The molecule has 0 amide bonds. The number of benzene rings is 1. The van der Waals surface area contributed by atoms with Crippen LogP contribution in [0.5, 0.6) is 5.88 Å². The van der Waals surface area contributed by atoms with Crippen molar-refractivity contribution in [3.63, 3.8) is 0 Å². The number of ether oxygens (including phenoxy) is 1. The standard InChI is InChI=1S/C18H19F2N5O3S/c1-2-29(26,27)25-13-5-3-12(4-6-13)15-10-17(24-23-15)22-14-7-8-21-18(9-14)28-11-16(19)20/h3-10,16,25H,2,11H2,1H3,(H2,21,22,23,24)/i10D. The van der Waals surface area contributed by atoms with Crippen LogP contribution in [-0.2, 0) is 10.0 Å². The van der Waals surface area contributed by atoms with Gasteiger partial charge in [0.15, 0.2) is 6.61 Å². The molecule has 2 heterocycles. The highest BCUT2D eigenvalue weighted by Crippen LogP contribution is 2.24. The van der Waals surface area contributed by atoms with Crippen LogP contribution in [0.4, 0.5) is 26.0 Å². The number of hydrogen-bond acceptors (Lipinski definition) is 6. The summed E-state index contributed by atoms with van der Waals surface area (Å²) in [5, 5.41) is 9.77. The van der Waals surface area contributed by atoms with E-state index in [9.17, 15) is 17.2 Å². The Morgan fingerprint density at radius 3 is 2.69 bits per heavy atom. The summed E-state index contributed by atoms with van der Waals surface area (Å²) in [6.07, 6.45) is -1.22. The number of aromatic amines is 1. The van der Waals surface area contributed by atoms with Crippen molar-refractivity contribution in [3.05, 3.63) is 48.6 Å². The molecule has 0 aliphatic rings. The molecule has 0 bridgehead atoms. The minimum atomic E-state index is -3.38. The number of anilines is 3. The van der Waals surface area contributed by atoms with Gasteiger partial charge < -0.3 is 10.1 Å². The van der Waals surface area contributed by atoms with Gasteiger partial charge in [-0.25, -0.2) is 22.2 Å². The first-order valence-corrected chi connectivity index (χ1v) is 10.2. The largest absolute Gasteiger partial charge is 0.472 e. The maximum absolute atomic E-state index is 12.3. The molecular weight excluding hydrogens is 404 g/mol. The van der Waals surface area contributed by atoms with E-state index in [2.05, 4.69) is 25.2 Å². The maximum atomic E-state index is 12.3. The molecule has 3 rings (SSSR count). The first-order valence-electron chi connectivity index (χ1n) is 9.07. The quantitative estimate of drug-likeness (QED) is 0.484. The molecule has 0 unspecified atom stereocenters. The molecule has 0 aliphatic heterocycles. The Hall–Kier alpha value is -3.21. The number of rotatable bonds is 9. The third-order valence-electron chi connectivity index (χ3n) is 3.70. The fourth-order valence-corrected chi connectivity index (χ4v) is 2.93. The number of alkyl halides is 2. The smallest absolute Gasteiger partial charge is 0.272 e. The first kappa shape index (κ1) is 19.1. The van der Waals surface area contributed by atoms with Crippen molar-refractivity contribution in [1.82, 2.24) is 15.2 Å². The monoisotopic (exact) mass is 424 g/mol. The van der Waals surface area contributed by atoms with Crippen molar-refractivity contribution in [3.8, 4) is 17.1 Å². The third kappa shape index (κ3) is 5.88. The molecule has 0 atom stereocenters. The molecule has 154 valence electrons. The molecule has 29 heavy (non-hydrogen) atoms. The molecule has 11 heteroatoms. The number of hydrogen-bond donors (Lipinski definition) is 3. The van der Waals surface area contributed by atoms with Crippen molar-refractivity contribution in [2.24, 2.45) is 0 Å². The molecule has 2 aromatic heterocycles. The van der Waals surface area contributed by atoms with Gasteiger partial charge in [-0.15, -0.1) is 0 Å². The van der Waals surface area contributed by atoms with Crippen LogP contribution in [0, 0.1) is 0 Å². The van der Waals surface area contributed by atoms with Crippen LogP contribution in [-0.4, -0.2) is 42.4 Å². The summed E-state index contributed by atoms with van der Waals surface area (Å²) < 4.78 is 63.5. The Balaban J connectivity index is 1.74. The molecule has 0 radical (unpaired) electrons. The minimum absolute atomic E-state index is 0.0247. The average Bonchev–Trinajstić information content (AvgIpc) is 3.07. The lowest BCUT2D eigenvalue weighted by atomic mass is 10.1. The number of H-pyrrole nitrogens is 1. The van der Waals surface area contributed by atoms with Crippen molar-refractivity contribution >= 4 is 27.2 Å². The molecule has 8 nitrogen and oxygen atoms in total. The Morgan fingerprint density at radius 2 is 2.00 bits per heavy atom. The summed E-state index contributed by atoms with van der Waals surface area (Å²) in [6.45, 7) is 0.775. The Bertz CT molecular complexity index is 1110. The summed E-state index contributed by atoms with van der Waals surface area (Å²) in [5.74, 6) is 0.271. The summed E-state index contributed by atoms with van der Waals surface area (Å²) in [7, 11) is -3.38. The lowest BCUT2D eigenvalue weighted by Gasteiger charge is -2.07. The van der Waals surface area contributed by atoms with Gasteiger partial charge in [-0.1, -0.05) is 12.1 Å². The molecular formula is C18H19F2N5O3S. The number of aromatic nitrogens is 3. The third-order valence-corrected chi connectivity index (χ3v) is 5.00. The normalized spacial score (nSPS) is 11.9. The number of sulfonamides is 1. The molecule has 1 aromatic carbocycles. The van der Waals surface area contributed by atoms with Gasteiger partial charge in [-0.3, -0.25) is 9.82 Å². The highest BCUT2D eigenvalue weighted by molar-refractivity contribution is 7.92. The van der Waals surface area contributed by atoms with E-state index in [1.807, 2.05) is 0 Å². The SMILES string of the molecule is [2H]c1c(-c2ccc(NS(=O)(=O)CC)cc2)n[nH]c1Nc1ccnc(OCC(F)F)c1. The van der Waals surface area contributed by atoms with Crippen molar-refractivity contribution in [2.45, 2.75) is 13.3 Å². The van der Waals surface area contributed by atoms with E-state index in [1.54, 1.807) is 30.3 Å². The number of nitrogens with zero attached hydrogens (tertiary/aromatic N) is 2. The van der Waals surface area contributed by atoms with Crippen LogP contribution < -0.4 is 14.8 Å². The van der Waals surface area contributed by atoms with Gasteiger partial charge in [-0.05, 0) is 25.1 Å². The van der Waals surface area contributed by atoms with Gasteiger partial charge >= 0.3 is 0 Å². The van der Waals surface area contributed by atoms with Gasteiger partial charge in [0.2, 0.25) is 15.9 Å². The average molecular weight is 424 g/mol. The van der Waals surface area contributed by atoms with Crippen LogP contribution in [0.15, 0.2) is 48.6 Å². The van der Waals surface area contributed by atoms with Crippen LogP contribution >= 0.6 is 0 Å². The molecule has 3 aromatic rings. The topological polar surface area (TPSA) is 109 Å². The van der Waals surface area contributed by atoms with Crippen molar-refractivity contribution in [2.75, 3.05) is 22.4 Å². The molecule has 0 saturated heterocycles. The zero-order valence-electron chi connectivity index (χ0n) is 16.3. The van der Waals surface area contributed by atoms with Gasteiger partial charge in [0.25, 0.3) is 6.43 Å². The van der Waals surface area contributed by atoms with Crippen LogP contribution in [0.25, 0.3) is 11.3 Å². The van der Waals surface area contributed by atoms with Crippen LogP contribution in [0.2, 0.25) is 0 Å². The van der Waals surface area contributed by atoms with Crippen LogP contribution in [0.1, 0.15) is 8.29 Å². The van der Waals surface area contributed by atoms with Gasteiger partial charge in [0.05, 0.1) is 12.8 Å². The van der Waals surface area contributed by atoms with Gasteiger partial charge in [0, 0.05) is 35.2 Å². The Labute approximate surface area is 167 Å². The summed E-state index contributed by atoms with van der Waals surface area (Å²) in [5.41, 5.74) is 1.85. The highest BCUT2D eigenvalue weighted by Gasteiger charge is 2.09. The van der Waals surface area contributed by atoms with Crippen molar-refractivity contribution in [1.29, 1.82) is 0 Å². The van der Waals surface area contributed by atoms with Crippen LogP contribution in [0.3, 0.4) is 0 Å². The summed E-state index contributed by atoms with van der Waals surface area (Å²) in [4.78, 5) is 3.85. The molecule has 0 saturated carbocycles. The predicted octanol–water partition coefficient (Wildman–Crippen LogP) is 3.62.